The van der Waals surface area contributed by atoms with E-state index >= 15 is 0 Å². The summed E-state index contributed by atoms with van der Waals surface area (Å²) < 4.78 is 5.68. The second kappa shape index (κ2) is 9.22. The van der Waals surface area contributed by atoms with Crippen molar-refractivity contribution in [3.63, 3.8) is 0 Å². The van der Waals surface area contributed by atoms with E-state index in [0.717, 1.165) is 45.4 Å². The quantitative estimate of drug-likeness (QED) is 0.591. The van der Waals surface area contributed by atoms with E-state index in [1.54, 1.807) is 0 Å². The van der Waals surface area contributed by atoms with Crippen LogP contribution in [0.5, 0.6) is 0 Å². The number of hydrogen-bond acceptors (Lipinski definition) is 3. The number of unbranched alkanes of at least 4 members (excludes halogenated alkanes) is 1. The van der Waals surface area contributed by atoms with Gasteiger partial charge in [0.1, 0.15) is 0 Å². The molecule has 144 valence electrons. The summed E-state index contributed by atoms with van der Waals surface area (Å²) in [5, 5.41) is 3.55. The average Bonchev–Trinajstić information content (AvgIpc) is 3.27. The molecule has 3 fully saturated rings. The molecule has 0 saturated carbocycles. The van der Waals surface area contributed by atoms with Gasteiger partial charge in [-0.3, -0.25) is 9.89 Å². The molecule has 1 spiro atoms. The molecule has 0 aromatic carbocycles. The van der Waals surface area contributed by atoms with E-state index in [1.165, 1.54) is 58.0 Å². The minimum absolute atomic E-state index is 0.397. The van der Waals surface area contributed by atoms with Crippen LogP contribution in [0, 0.1) is 5.41 Å². The van der Waals surface area contributed by atoms with Crippen LogP contribution >= 0.6 is 0 Å². The molecule has 0 bridgehead atoms. The van der Waals surface area contributed by atoms with Gasteiger partial charge in [-0.2, -0.15) is 0 Å². The summed E-state index contributed by atoms with van der Waals surface area (Å²) in [6, 6.07) is 0.639. The smallest absolute Gasteiger partial charge is 0.193 e. The molecule has 5 nitrogen and oxygen atoms in total. The zero-order valence-corrected chi connectivity index (χ0v) is 16.4. The highest BCUT2D eigenvalue weighted by Gasteiger charge is 2.42. The number of guanidine groups is 1. The predicted molar refractivity (Wildman–Crippen MR) is 104 cm³/mol. The molecule has 0 amide bonds. The first kappa shape index (κ1) is 19.0. The maximum atomic E-state index is 5.68. The fourth-order valence-corrected chi connectivity index (χ4v) is 4.63. The van der Waals surface area contributed by atoms with E-state index in [2.05, 4.69) is 29.0 Å². The Kier molecular flexibility index (Phi) is 7.00. The Morgan fingerprint density at radius 3 is 2.92 bits per heavy atom. The lowest BCUT2D eigenvalue weighted by atomic mass is 9.87. The van der Waals surface area contributed by atoms with Crippen LogP contribution in [-0.2, 0) is 4.74 Å². The molecule has 0 aliphatic carbocycles. The lowest BCUT2D eigenvalue weighted by molar-refractivity contribution is 0.150. The Labute approximate surface area is 154 Å². The number of ether oxygens (including phenoxy) is 1. The van der Waals surface area contributed by atoms with Crippen molar-refractivity contribution < 1.29 is 4.74 Å². The highest BCUT2D eigenvalue weighted by atomic mass is 16.5. The van der Waals surface area contributed by atoms with Crippen LogP contribution < -0.4 is 5.32 Å². The first-order valence-electron chi connectivity index (χ1n) is 10.6. The summed E-state index contributed by atoms with van der Waals surface area (Å²) >= 11 is 0. The molecule has 3 aliphatic rings. The first-order valence-corrected chi connectivity index (χ1v) is 10.6. The number of rotatable bonds is 6. The Morgan fingerprint density at radius 1 is 1.24 bits per heavy atom. The maximum absolute atomic E-state index is 5.68. The molecular formula is C20H38N4O. The van der Waals surface area contributed by atoms with Gasteiger partial charge in [0, 0.05) is 37.7 Å². The third-order valence-electron chi connectivity index (χ3n) is 6.26. The Balaban J connectivity index is 1.59. The van der Waals surface area contributed by atoms with Crippen LogP contribution in [0.2, 0.25) is 0 Å². The van der Waals surface area contributed by atoms with Crippen molar-refractivity contribution in [2.45, 2.75) is 64.8 Å². The maximum Gasteiger partial charge on any atom is 0.193 e. The van der Waals surface area contributed by atoms with Gasteiger partial charge in [-0.15, -0.1) is 0 Å². The minimum atomic E-state index is 0.397. The summed E-state index contributed by atoms with van der Waals surface area (Å²) in [6.07, 6.45) is 9.11. The molecule has 0 aromatic rings. The van der Waals surface area contributed by atoms with Gasteiger partial charge < -0.3 is 15.0 Å². The number of nitrogens with zero attached hydrogens (tertiary/aromatic N) is 3. The average molecular weight is 351 g/mol. The summed E-state index contributed by atoms with van der Waals surface area (Å²) in [7, 11) is 0. The second-order valence-corrected chi connectivity index (χ2v) is 8.21. The van der Waals surface area contributed by atoms with Crippen molar-refractivity contribution in [1.82, 2.24) is 15.1 Å². The Morgan fingerprint density at radius 2 is 2.16 bits per heavy atom. The highest BCUT2D eigenvalue weighted by molar-refractivity contribution is 5.80. The molecule has 1 N–H and O–H groups in total. The van der Waals surface area contributed by atoms with Gasteiger partial charge in [0.15, 0.2) is 5.96 Å². The summed E-state index contributed by atoms with van der Waals surface area (Å²) in [5.74, 6) is 1.13. The van der Waals surface area contributed by atoms with Gasteiger partial charge in [-0.1, -0.05) is 19.8 Å². The molecule has 3 heterocycles. The minimum Gasteiger partial charge on any atom is -0.381 e. The molecular weight excluding hydrogens is 312 g/mol. The zero-order chi connectivity index (χ0) is 17.5. The van der Waals surface area contributed by atoms with Crippen molar-refractivity contribution >= 4 is 5.96 Å². The van der Waals surface area contributed by atoms with E-state index in [9.17, 15) is 0 Å². The van der Waals surface area contributed by atoms with Crippen LogP contribution in [0.1, 0.15) is 58.8 Å². The Hall–Kier alpha value is -0.810. The molecule has 3 aliphatic heterocycles. The van der Waals surface area contributed by atoms with Crippen LogP contribution in [-0.4, -0.2) is 74.3 Å². The standard InChI is InChI=1S/C20H38N4O/c1-3-5-11-23-12-7-6-8-18(23)15-22-19(21-4-2)24-13-9-20(16-24)10-14-25-17-20/h18H,3-17H2,1-2H3,(H,21,22). The van der Waals surface area contributed by atoms with E-state index in [-0.39, 0.29) is 0 Å². The molecule has 5 heteroatoms. The Bertz CT molecular complexity index is 433. The van der Waals surface area contributed by atoms with E-state index in [0.29, 0.717) is 11.5 Å². The van der Waals surface area contributed by atoms with E-state index in [4.69, 9.17) is 9.73 Å². The molecule has 3 saturated heterocycles. The van der Waals surface area contributed by atoms with Crippen LogP contribution in [0.25, 0.3) is 0 Å². The SMILES string of the molecule is CCCCN1CCCCC1CN=C(NCC)N1CCC2(CCOC2)C1. The van der Waals surface area contributed by atoms with Gasteiger partial charge in [0.25, 0.3) is 0 Å². The number of piperidine rings is 1. The van der Waals surface area contributed by atoms with Crippen LogP contribution in [0.15, 0.2) is 4.99 Å². The number of hydrogen-bond donors (Lipinski definition) is 1. The van der Waals surface area contributed by atoms with Crippen LogP contribution in [0.4, 0.5) is 0 Å². The van der Waals surface area contributed by atoms with Gasteiger partial charge in [-0.05, 0) is 52.1 Å². The van der Waals surface area contributed by atoms with Crippen LogP contribution in [0.3, 0.4) is 0 Å². The molecule has 2 unspecified atom stereocenters. The molecule has 0 aromatic heterocycles. The van der Waals surface area contributed by atoms with E-state index in [1.807, 2.05) is 0 Å². The summed E-state index contributed by atoms with van der Waals surface area (Å²) in [4.78, 5) is 10.3. The van der Waals surface area contributed by atoms with Gasteiger partial charge >= 0.3 is 0 Å². The topological polar surface area (TPSA) is 40.1 Å². The summed E-state index contributed by atoms with van der Waals surface area (Å²) in [6.45, 7) is 13.0. The third kappa shape index (κ3) is 4.88. The molecule has 25 heavy (non-hydrogen) atoms. The molecule has 2 atom stereocenters. The zero-order valence-electron chi connectivity index (χ0n) is 16.4. The summed E-state index contributed by atoms with van der Waals surface area (Å²) in [5.41, 5.74) is 0.397. The fraction of sp³-hybridized carbons (Fsp3) is 0.950. The van der Waals surface area contributed by atoms with Crippen molar-refractivity contribution in [3.8, 4) is 0 Å². The van der Waals surface area contributed by atoms with Gasteiger partial charge in [-0.25, -0.2) is 0 Å². The highest BCUT2D eigenvalue weighted by Crippen LogP contribution is 2.38. The van der Waals surface area contributed by atoms with Gasteiger partial charge in [0.05, 0.1) is 13.2 Å². The van der Waals surface area contributed by atoms with Gasteiger partial charge in [0.2, 0.25) is 0 Å². The second-order valence-electron chi connectivity index (χ2n) is 8.21. The lowest BCUT2D eigenvalue weighted by Crippen LogP contribution is -2.45. The number of aliphatic imine (C=N–C) groups is 1. The largest absolute Gasteiger partial charge is 0.381 e. The van der Waals surface area contributed by atoms with Crippen molar-refractivity contribution in [3.05, 3.63) is 0 Å². The molecule has 0 radical (unpaired) electrons. The third-order valence-corrected chi connectivity index (χ3v) is 6.26. The van der Waals surface area contributed by atoms with E-state index < -0.39 is 0 Å². The molecule has 3 rings (SSSR count). The lowest BCUT2D eigenvalue weighted by Gasteiger charge is -2.35. The number of nitrogens with one attached hydrogen (secondary N) is 1. The monoisotopic (exact) mass is 350 g/mol. The van der Waals surface area contributed by atoms with Crippen molar-refractivity contribution in [1.29, 1.82) is 0 Å². The normalized spacial score (nSPS) is 31.2. The van der Waals surface area contributed by atoms with Crippen molar-refractivity contribution in [2.75, 3.05) is 52.5 Å². The van der Waals surface area contributed by atoms with Crippen molar-refractivity contribution in [2.24, 2.45) is 10.4 Å². The predicted octanol–water partition coefficient (Wildman–Crippen LogP) is 2.72. The number of likely N-dealkylation sites (tertiary alicyclic amines) is 2. The first-order chi connectivity index (χ1) is 12.3. The fourth-order valence-electron chi connectivity index (χ4n) is 4.63.